The molecule has 96 valence electrons. The molecule has 0 aromatic heterocycles. The van der Waals surface area contributed by atoms with E-state index in [0.717, 1.165) is 6.07 Å². The van der Waals surface area contributed by atoms with Crippen molar-refractivity contribution in [1.82, 2.24) is 0 Å². The average molecular weight is 261 g/mol. The molecule has 2 rings (SSSR count). The Balaban J connectivity index is 2.44. The van der Waals surface area contributed by atoms with Crippen LogP contribution in [-0.4, -0.2) is 0 Å². The smallest absolute Gasteiger partial charge is 0.140 e. The summed E-state index contributed by atoms with van der Waals surface area (Å²) >= 11 is 0. The van der Waals surface area contributed by atoms with E-state index in [9.17, 15) is 13.2 Å². The van der Waals surface area contributed by atoms with Gasteiger partial charge in [-0.1, -0.05) is 13.0 Å². The summed E-state index contributed by atoms with van der Waals surface area (Å²) in [6.45, 7) is 1.74. The van der Waals surface area contributed by atoms with Crippen molar-refractivity contribution in [3.8, 4) is 6.07 Å². The van der Waals surface area contributed by atoms with Gasteiger partial charge in [0.2, 0.25) is 0 Å². The van der Waals surface area contributed by atoms with Crippen molar-refractivity contribution >= 4 is 0 Å². The number of benzene rings is 2. The molecule has 0 fully saturated rings. The maximum Gasteiger partial charge on any atom is 0.140 e. The number of nitrogens with zero attached hydrogens (tertiary/aromatic N) is 1. The van der Waals surface area contributed by atoms with Gasteiger partial charge in [-0.05, 0) is 35.4 Å². The summed E-state index contributed by atoms with van der Waals surface area (Å²) in [5.41, 5.74) is 0.983. The highest BCUT2D eigenvalue weighted by Gasteiger charge is 2.13. The summed E-state index contributed by atoms with van der Waals surface area (Å²) in [6, 6.07) is 9.06. The zero-order chi connectivity index (χ0) is 14.0. The van der Waals surface area contributed by atoms with Gasteiger partial charge in [0.05, 0.1) is 5.56 Å². The van der Waals surface area contributed by atoms with Crippen molar-refractivity contribution in [1.29, 1.82) is 5.26 Å². The Morgan fingerprint density at radius 1 is 0.947 bits per heavy atom. The number of hydrogen-bond acceptors (Lipinski definition) is 1. The maximum absolute atomic E-state index is 13.2. The van der Waals surface area contributed by atoms with Gasteiger partial charge in [0.15, 0.2) is 0 Å². The molecule has 0 heterocycles. The van der Waals surface area contributed by atoms with E-state index in [2.05, 4.69) is 0 Å². The first-order valence-electron chi connectivity index (χ1n) is 5.67. The van der Waals surface area contributed by atoms with Crippen LogP contribution in [0.15, 0.2) is 36.4 Å². The first kappa shape index (κ1) is 13.2. The average Bonchev–Trinajstić information content (AvgIpc) is 2.37. The first-order valence-corrected chi connectivity index (χ1v) is 5.67. The van der Waals surface area contributed by atoms with E-state index in [0.29, 0.717) is 11.1 Å². The minimum absolute atomic E-state index is 0.0822. The van der Waals surface area contributed by atoms with E-state index in [1.54, 1.807) is 13.0 Å². The number of hydrogen-bond donors (Lipinski definition) is 0. The Hall–Kier alpha value is -2.28. The molecule has 0 bridgehead atoms. The Labute approximate surface area is 108 Å². The predicted octanol–water partition coefficient (Wildman–Crippen LogP) is 4.13. The lowest BCUT2D eigenvalue weighted by molar-refractivity contribution is 0.578. The maximum atomic E-state index is 13.2. The van der Waals surface area contributed by atoms with Crippen molar-refractivity contribution < 1.29 is 13.2 Å². The normalized spacial score (nSPS) is 11.9. The minimum atomic E-state index is -0.663. The Kier molecular flexibility index (Phi) is 3.57. The first-order chi connectivity index (χ1) is 9.01. The minimum Gasteiger partial charge on any atom is -0.207 e. The fourth-order valence-corrected chi connectivity index (χ4v) is 1.92. The van der Waals surface area contributed by atoms with Crippen LogP contribution in [-0.2, 0) is 0 Å². The summed E-state index contributed by atoms with van der Waals surface area (Å²) in [5.74, 6) is -2.27. The summed E-state index contributed by atoms with van der Waals surface area (Å²) in [4.78, 5) is 0. The quantitative estimate of drug-likeness (QED) is 0.797. The zero-order valence-electron chi connectivity index (χ0n) is 10.1. The van der Waals surface area contributed by atoms with Crippen LogP contribution in [0.5, 0.6) is 0 Å². The third kappa shape index (κ3) is 2.76. The molecule has 2 aromatic rings. The zero-order valence-corrected chi connectivity index (χ0v) is 10.1. The molecule has 0 amide bonds. The molecule has 0 saturated heterocycles. The molecule has 4 heteroatoms. The van der Waals surface area contributed by atoms with Crippen molar-refractivity contribution in [2.45, 2.75) is 12.8 Å². The van der Waals surface area contributed by atoms with Crippen molar-refractivity contribution in [3.05, 3.63) is 70.5 Å². The second kappa shape index (κ2) is 5.15. The molecule has 1 unspecified atom stereocenters. The lowest BCUT2D eigenvalue weighted by atomic mass is 9.92. The third-order valence-electron chi connectivity index (χ3n) is 3.00. The van der Waals surface area contributed by atoms with Gasteiger partial charge in [-0.3, -0.25) is 0 Å². The van der Waals surface area contributed by atoms with Gasteiger partial charge in [0.1, 0.15) is 23.5 Å². The highest BCUT2D eigenvalue weighted by molar-refractivity contribution is 5.39. The van der Waals surface area contributed by atoms with Crippen LogP contribution < -0.4 is 0 Å². The van der Waals surface area contributed by atoms with Gasteiger partial charge in [-0.25, -0.2) is 13.2 Å². The lowest BCUT2D eigenvalue weighted by Crippen LogP contribution is -1.99. The van der Waals surface area contributed by atoms with Crippen LogP contribution in [0.1, 0.15) is 29.5 Å². The van der Waals surface area contributed by atoms with E-state index >= 15 is 0 Å². The third-order valence-corrected chi connectivity index (χ3v) is 3.00. The molecule has 0 aliphatic carbocycles. The second-order valence-electron chi connectivity index (χ2n) is 4.28. The molecular weight excluding hydrogens is 251 g/mol. The van der Waals surface area contributed by atoms with Gasteiger partial charge in [0.25, 0.3) is 0 Å². The molecule has 2 aromatic carbocycles. The number of halogens is 3. The molecule has 0 spiro atoms. The van der Waals surface area contributed by atoms with Crippen LogP contribution >= 0.6 is 0 Å². The van der Waals surface area contributed by atoms with Gasteiger partial charge in [0, 0.05) is 12.0 Å². The van der Waals surface area contributed by atoms with Gasteiger partial charge < -0.3 is 0 Å². The van der Waals surface area contributed by atoms with Gasteiger partial charge in [-0.2, -0.15) is 5.26 Å². The van der Waals surface area contributed by atoms with E-state index in [4.69, 9.17) is 5.26 Å². The fourth-order valence-electron chi connectivity index (χ4n) is 1.92. The predicted molar refractivity (Wildman–Crippen MR) is 65.0 cm³/mol. The standard InChI is InChI=1S/C15H10F3N/c1-9(11-5-13(16)7-14(17)6-11)10-2-3-15(18)12(4-10)8-19/h2-7,9H,1H3. The highest BCUT2D eigenvalue weighted by atomic mass is 19.1. The van der Waals surface area contributed by atoms with Crippen LogP contribution in [0, 0.1) is 28.8 Å². The van der Waals surface area contributed by atoms with Gasteiger partial charge >= 0.3 is 0 Å². The molecule has 1 atom stereocenters. The van der Waals surface area contributed by atoms with E-state index in [-0.39, 0.29) is 11.5 Å². The number of rotatable bonds is 2. The molecule has 19 heavy (non-hydrogen) atoms. The SMILES string of the molecule is CC(c1cc(F)cc(F)c1)c1ccc(F)c(C#N)c1. The van der Waals surface area contributed by atoms with E-state index in [1.165, 1.54) is 30.3 Å². The van der Waals surface area contributed by atoms with Crippen molar-refractivity contribution in [2.24, 2.45) is 0 Å². The van der Waals surface area contributed by atoms with Crippen molar-refractivity contribution in [2.75, 3.05) is 0 Å². The molecule has 0 N–H and O–H groups in total. The molecule has 0 aliphatic heterocycles. The Bertz CT molecular complexity index is 639. The monoisotopic (exact) mass is 261 g/mol. The summed E-state index contributed by atoms with van der Waals surface area (Å²) in [7, 11) is 0. The second-order valence-corrected chi connectivity index (χ2v) is 4.28. The van der Waals surface area contributed by atoms with E-state index in [1.807, 2.05) is 0 Å². The van der Waals surface area contributed by atoms with Crippen LogP contribution in [0.25, 0.3) is 0 Å². The summed E-state index contributed by atoms with van der Waals surface area (Å²) in [5, 5.41) is 8.77. The van der Waals surface area contributed by atoms with Gasteiger partial charge in [-0.15, -0.1) is 0 Å². The molecule has 0 radical (unpaired) electrons. The summed E-state index contributed by atoms with van der Waals surface area (Å²) < 4.78 is 39.5. The number of nitriles is 1. The molecular formula is C15H10F3N. The molecule has 1 nitrogen and oxygen atoms in total. The Morgan fingerprint density at radius 3 is 2.16 bits per heavy atom. The Morgan fingerprint density at radius 2 is 1.58 bits per heavy atom. The van der Waals surface area contributed by atoms with Crippen LogP contribution in [0.4, 0.5) is 13.2 Å². The van der Waals surface area contributed by atoms with Crippen LogP contribution in [0.2, 0.25) is 0 Å². The molecule has 0 aliphatic rings. The summed E-state index contributed by atoms with van der Waals surface area (Å²) in [6.07, 6.45) is 0. The topological polar surface area (TPSA) is 23.8 Å². The van der Waals surface area contributed by atoms with Crippen molar-refractivity contribution in [3.63, 3.8) is 0 Å². The van der Waals surface area contributed by atoms with Crippen LogP contribution in [0.3, 0.4) is 0 Å². The molecule has 0 saturated carbocycles. The fraction of sp³-hybridized carbons (Fsp3) is 0.133. The highest BCUT2D eigenvalue weighted by Crippen LogP contribution is 2.26. The lowest BCUT2D eigenvalue weighted by Gasteiger charge is -2.13. The van der Waals surface area contributed by atoms with E-state index < -0.39 is 17.5 Å². The largest absolute Gasteiger partial charge is 0.207 e.